The Morgan fingerprint density at radius 2 is 2.18 bits per heavy atom. The van der Waals surface area contributed by atoms with Gasteiger partial charge in [-0.25, -0.2) is 9.97 Å². The lowest BCUT2D eigenvalue weighted by Gasteiger charge is -2.12. The summed E-state index contributed by atoms with van der Waals surface area (Å²) in [7, 11) is 3.41. The number of anilines is 2. The van der Waals surface area contributed by atoms with Gasteiger partial charge in [0.1, 0.15) is 6.33 Å². The molecule has 6 heteroatoms. The molecule has 0 aliphatic heterocycles. The van der Waals surface area contributed by atoms with E-state index in [1.165, 1.54) is 11.9 Å². The topological polar surface area (TPSA) is 59.1 Å². The summed E-state index contributed by atoms with van der Waals surface area (Å²) < 4.78 is 5.29. The van der Waals surface area contributed by atoms with Crippen LogP contribution < -0.4 is 15.4 Å². The molecular formula is C11H14N4OS. The Morgan fingerprint density at radius 1 is 1.35 bits per heavy atom. The molecule has 0 aliphatic rings. The largest absolute Gasteiger partial charge is 0.490 e. The van der Waals surface area contributed by atoms with Crippen LogP contribution in [0.4, 0.5) is 11.6 Å². The van der Waals surface area contributed by atoms with Gasteiger partial charge in [0.2, 0.25) is 5.75 Å². The summed E-state index contributed by atoms with van der Waals surface area (Å²) in [6, 6.07) is 2.07. The first-order chi connectivity index (χ1) is 8.35. The van der Waals surface area contributed by atoms with Crippen molar-refractivity contribution in [2.45, 2.75) is 6.54 Å². The van der Waals surface area contributed by atoms with Gasteiger partial charge in [0, 0.05) is 13.6 Å². The van der Waals surface area contributed by atoms with Crippen LogP contribution in [0.15, 0.2) is 23.2 Å². The third-order valence-electron chi connectivity index (χ3n) is 2.28. The van der Waals surface area contributed by atoms with Gasteiger partial charge in [0.15, 0.2) is 11.6 Å². The summed E-state index contributed by atoms with van der Waals surface area (Å²) in [5.74, 6) is 2.00. The van der Waals surface area contributed by atoms with Crippen LogP contribution in [0.2, 0.25) is 0 Å². The highest BCUT2D eigenvalue weighted by Gasteiger charge is 2.10. The van der Waals surface area contributed by atoms with Crippen LogP contribution in [0.1, 0.15) is 5.56 Å². The van der Waals surface area contributed by atoms with Crippen molar-refractivity contribution in [2.24, 2.45) is 0 Å². The second kappa shape index (κ2) is 5.49. The molecule has 0 fully saturated rings. The van der Waals surface area contributed by atoms with E-state index in [9.17, 15) is 0 Å². The normalized spacial score (nSPS) is 10.0. The number of nitrogens with zero attached hydrogens (tertiary/aromatic N) is 2. The molecule has 0 saturated heterocycles. The number of ether oxygens (including phenoxy) is 1. The van der Waals surface area contributed by atoms with Gasteiger partial charge in [0.25, 0.3) is 0 Å². The Morgan fingerprint density at radius 3 is 2.82 bits per heavy atom. The van der Waals surface area contributed by atoms with Crippen LogP contribution in [-0.2, 0) is 6.54 Å². The average Bonchev–Trinajstić information content (AvgIpc) is 2.88. The van der Waals surface area contributed by atoms with Gasteiger partial charge in [-0.05, 0) is 22.4 Å². The predicted octanol–water partition coefficient (Wildman–Crippen LogP) is 2.20. The minimum Gasteiger partial charge on any atom is -0.490 e. The fraction of sp³-hybridized carbons (Fsp3) is 0.273. The summed E-state index contributed by atoms with van der Waals surface area (Å²) in [5, 5.41) is 10.3. The first-order valence-electron chi connectivity index (χ1n) is 5.17. The molecule has 2 aromatic rings. The molecular weight excluding hydrogens is 236 g/mol. The molecule has 0 saturated carbocycles. The molecule has 0 aliphatic carbocycles. The maximum Gasteiger partial charge on any atom is 0.204 e. The van der Waals surface area contributed by atoms with Crippen molar-refractivity contribution in [3.63, 3.8) is 0 Å². The molecule has 2 N–H and O–H groups in total. The number of hydrogen-bond donors (Lipinski definition) is 2. The van der Waals surface area contributed by atoms with Gasteiger partial charge >= 0.3 is 0 Å². The summed E-state index contributed by atoms with van der Waals surface area (Å²) in [6.45, 7) is 0.722. The van der Waals surface area contributed by atoms with Crippen LogP contribution in [0.3, 0.4) is 0 Å². The molecule has 0 atom stereocenters. The van der Waals surface area contributed by atoms with E-state index in [4.69, 9.17) is 4.74 Å². The minimum absolute atomic E-state index is 0.630. The van der Waals surface area contributed by atoms with E-state index < -0.39 is 0 Å². The van der Waals surface area contributed by atoms with Crippen molar-refractivity contribution in [1.29, 1.82) is 0 Å². The highest BCUT2D eigenvalue weighted by molar-refractivity contribution is 7.07. The second-order valence-corrected chi connectivity index (χ2v) is 4.12. The maximum atomic E-state index is 5.29. The van der Waals surface area contributed by atoms with E-state index in [1.807, 2.05) is 5.38 Å². The van der Waals surface area contributed by atoms with Crippen molar-refractivity contribution in [1.82, 2.24) is 9.97 Å². The van der Waals surface area contributed by atoms with E-state index in [0.29, 0.717) is 17.4 Å². The molecule has 0 bridgehead atoms. The third kappa shape index (κ3) is 2.65. The molecule has 17 heavy (non-hydrogen) atoms. The van der Waals surface area contributed by atoms with Gasteiger partial charge in [-0.3, -0.25) is 0 Å². The van der Waals surface area contributed by atoms with E-state index in [-0.39, 0.29) is 0 Å². The Bertz CT molecular complexity index is 472. The first-order valence-corrected chi connectivity index (χ1v) is 6.11. The number of hydrogen-bond acceptors (Lipinski definition) is 6. The molecule has 0 spiro atoms. The van der Waals surface area contributed by atoms with E-state index in [2.05, 4.69) is 32.0 Å². The highest BCUT2D eigenvalue weighted by atomic mass is 32.1. The molecule has 0 amide bonds. The van der Waals surface area contributed by atoms with E-state index >= 15 is 0 Å². The number of aromatic nitrogens is 2. The Balaban J connectivity index is 2.14. The van der Waals surface area contributed by atoms with Gasteiger partial charge < -0.3 is 15.4 Å². The zero-order valence-corrected chi connectivity index (χ0v) is 10.5. The molecule has 2 aromatic heterocycles. The lowest BCUT2D eigenvalue weighted by atomic mass is 10.3. The zero-order valence-electron chi connectivity index (χ0n) is 9.73. The van der Waals surface area contributed by atoms with Crippen LogP contribution in [0, 0.1) is 0 Å². The fourth-order valence-electron chi connectivity index (χ4n) is 1.45. The summed E-state index contributed by atoms with van der Waals surface area (Å²) >= 11 is 1.68. The molecule has 2 heterocycles. The van der Waals surface area contributed by atoms with Crippen LogP contribution >= 0.6 is 11.3 Å². The predicted molar refractivity (Wildman–Crippen MR) is 69.8 cm³/mol. The molecule has 2 rings (SSSR count). The van der Waals surface area contributed by atoms with Crippen LogP contribution in [-0.4, -0.2) is 24.1 Å². The quantitative estimate of drug-likeness (QED) is 0.852. The molecule has 5 nitrogen and oxygen atoms in total. The standard InChI is InChI=1S/C11H14N4OS/c1-12-10-9(16-2)11(15-7-14-10)13-5-8-3-4-17-6-8/h3-4,6-7H,5H2,1-2H3,(H2,12,13,14,15). The zero-order chi connectivity index (χ0) is 12.1. The van der Waals surface area contributed by atoms with Crippen LogP contribution in [0.25, 0.3) is 0 Å². The van der Waals surface area contributed by atoms with Crippen molar-refractivity contribution in [3.05, 3.63) is 28.7 Å². The minimum atomic E-state index is 0.630. The highest BCUT2D eigenvalue weighted by Crippen LogP contribution is 2.28. The van der Waals surface area contributed by atoms with Gasteiger partial charge in [-0.1, -0.05) is 0 Å². The Kier molecular flexibility index (Phi) is 3.77. The Labute approximate surface area is 104 Å². The SMILES string of the molecule is CNc1ncnc(NCc2ccsc2)c1OC. The number of rotatable bonds is 5. The average molecular weight is 250 g/mol. The monoisotopic (exact) mass is 250 g/mol. The van der Waals surface area contributed by atoms with E-state index in [0.717, 1.165) is 6.54 Å². The molecule has 0 aromatic carbocycles. The lowest BCUT2D eigenvalue weighted by Crippen LogP contribution is -2.06. The Hall–Kier alpha value is -1.82. The summed E-state index contributed by atoms with van der Waals surface area (Å²) in [6.07, 6.45) is 1.50. The lowest BCUT2D eigenvalue weighted by molar-refractivity contribution is 0.415. The molecule has 90 valence electrons. The summed E-state index contributed by atoms with van der Waals surface area (Å²) in [5.41, 5.74) is 1.22. The van der Waals surface area contributed by atoms with Crippen molar-refractivity contribution < 1.29 is 4.74 Å². The van der Waals surface area contributed by atoms with Crippen molar-refractivity contribution in [3.8, 4) is 5.75 Å². The van der Waals surface area contributed by atoms with Gasteiger partial charge in [-0.2, -0.15) is 11.3 Å². The molecule has 0 radical (unpaired) electrons. The van der Waals surface area contributed by atoms with Crippen molar-refractivity contribution in [2.75, 3.05) is 24.8 Å². The third-order valence-corrected chi connectivity index (χ3v) is 3.02. The first kappa shape index (κ1) is 11.7. The van der Waals surface area contributed by atoms with Gasteiger partial charge in [0.05, 0.1) is 7.11 Å². The smallest absolute Gasteiger partial charge is 0.204 e. The summed E-state index contributed by atoms with van der Waals surface area (Å²) in [4.78, 5) is 8.26. The number of nitrogens with one attached hydrogen (secondary N) is 2. The molecule has 0 unspecified atom stereocenters. The fourth-order valence-corrected chi connectivity index (χ4v) is 2.12. The van der Waals surface area contributed by atoms with Gasteiger partial charge in [-0.15, -0.1) is 0 Å². The number of methoxy groups -OCH3 is 1. The second-order valence-electron chi connectivity index (χ2n) is 3.34. The van der Waals surface area contributed by atoms with E-state index in [1.54, 1.807) is 25.5 Å². The maximum absolute atomic E-state index is 5.29. The number of thiophene rings is 1. The van der Waals surface area contributed by atoms with Crippen LogP contribution in [0.5, 0.6) is 5.75 Å². The van der Waals surface area contributed by atoms with Crippen molar-refractivity contribution >= 4 is 23.0 Å².